The fourth-order valence-corrected chi connectivity index (χ4v) is 2.37. The van der Waals surface area contributed by atoms with Crippen molar-refractivity contribution in [3.05, 3.63) is 40.1 Å². The molecule has 0 aliphatic carbocycles. The van der Waals surface area contributed by atoms with Crippen LogP contribution < -0.4 is 5.32 Å². The molecule has 0 radical (unpaired) electrons. The third-order valence-corrected chi connectivity index (χ3v) is 3.68. The van der Waals surface area contributed by atoms with Crippen LogP contribution >= 0.6 is 15.9 Å². The van der Waals surface area contributed by atoms with Crippen LogP contribution in [0, 0.1) is 6.92 Å². The Labute approximate surface area is 98.4 Å². The molecule has 0 atom stereocenters. The van der Waals surface area contributed by atoms with Gasteiger partial charge in [-0.3, -0.25) is 0 Å². The van der Waals surface area contributed by atoms with Crippen molar-refractivity contribution in [1.82, 2.24) is 9.72 Å². The zero-order chi connectivity index (χ0) is 10.8. The SMILES string of the molecule is CCNCc1c(C)c(Br)c2ccccn12. The minimum Gasteiger partial charge on any atom is -0.318 e. The predicted octanol–water partition coefficient (Wildman–Crippen LogP) is 3.12. The summed E-state index contributed by atoms with van der Waals surface area (Å²) in [6.45, 7) is 6.19. The molecule has 2 nitrogen and oxygen atoms in total. The highest BCUT2D eigenvalue weighted by atomic mass is 79.9. The third-order valence-electron chi connectivity index (χ3n) is 2.68. The smallest absolute Gasteiger partial charge is 0.0598 e. The molecule has 0 unspecified atom stereocenters. The van der Waals surface area contributed by atoms with E-state index in [1.165, 1.54) is 21.2 Å². The fourth-order valence-electron chi connectivity index (χ4n) is 1.82. The van der Waals surface area contributed by atoms with Gasteiger partial charge in [0.1, 0.15) is 0 Å². The van der Waals surface area contributed by atoms with E-state index in [0.717, 1.165) is 13.1 Å². The number of hydrogen-bond acceptors (Lipinski definition) is 1. The number of nitrogens with zero attached hydrogens (tertiary/aromatic N) is 1. The van der Waals surface area contributed by atoms with Gasteiger partial charge in [-0.05, 0) is 47.1 Å². The lowest BCUT2D eigenvalue weighted by Gasteiger charge is -2.04. The Bertz CT molecular complexity index is 474. The summed E-state index contributed by atoms with van der Waals surface area (Å²) in [6.07, 6.45) is 2.11. The first-order valence-electron chi connectivity index (χ1n) is 5.20. The lowest BCUT2D eigenvalue weighted by molar-refractivity contribution is 0.702. The van der Waals surface area contributed by atoms with Crippen molar-refractivity contribution >= 4 is 21.4 Å². The van der Waals surface area contributed by atoms with Crippen LogP contribution in [0.5, 0.6) is 0 Å². The Kier molecular flexibility index (Phi) is 3.12. The molecule has 3 heteroatoms. The van der Waals surface area contributed by atoms with Crippen LogP contribution in [0.15, 0.2) is 28.9 Å². The molecule has 80 valence electrons. The summed E-state index contributed by atoms with van der Waals surface area (Å²) in [5, 5.41) is 3.37. The summed E-state index contributed by atoms with van der Waals surface area (Å²) < 4.78 is 3.44. The monoisotopic (exact) mass is 266 g/mol. The molecule has 2 aromatic heterocycles. The maximum Gasteiger partial charge on any atom is 0.0598 e. The number of halogens is 1. The second-order valence-corrected chi connectivity index (χ2v) is 4.41. The van der Waals surface area contributed by atoms with Gasteiger partial charge in [-0.15, -0.1) is 0 Å². The number of rotatable bonds is 3. The third kappa shape index (κ3) is 1.82. The molecule has 2 rings (SSSR count). The van der Waals surface area contributed by atoms with Crippen molar-refractivity contribution in [3.63, 3.8) is 0 Å². The van der Waals surface area contributed by atoms with Crippen molar-refractivity contribution in [2.45, 2.75) is 20.4 Å². The highest BCUT2D eigenvalue weighted by Crippen LogP contribution is 2.27. The van der Waals surface area contributed by atoms with Crippen LogP contribution in [0.4, 0.5) is 0 Å². The van der Waals surface area contributed by atoms with Gasteiger partial charge in [0.05, 0.1) is 5.52 Å². The number of aromatic nitrogens is 1. The molecule has 0 aliphatic rings. The maximum atomic E-state index is 3.64. The Morgan fingerprint density at radius 1 is 1.40 bits per heavy atom. The number of fused-ring (bicyclic) bond motifs is 1. The van der Waals surface area contributed by atoms with Crippen LogP contribution in [0.1, 0.15) is 18.2 Å². The van der Waals surface area contributed by atoms with E-state index in [1.54, 1.807) is 0 Å². The first kappa shape index (κ1) is 10.7. The highest BCUT2D eigenvalue weighted by Gasteiger charge is 2.11. The van der Waals surface area contributed by atoms with Crippen LogP contribution in [-0.4, -0.2) is 10.9 Å². The average Bonchev–Trinajstić information content (AvgIpc) is 2.51. The van der Waals surface area contributed by atoms with Gasteiger partial charge < -0.3 is 9.72 Å². The van der Waals surface area contributed by atoms with Crippen LogP contribution in [-0.2, 0) is 6.54 Å². The molecule has 0 saturated carbocycles. The van der Waals surface area contributed by atoms with E-state index in [9.17, 15) is 0 Å². The molecule has 0 bridgehead atoms. The molecule has 0 saturated heterocycles. The van der Waals surface area contributed by atoms with Crippen LogP contribution in [0.2, 0.25) is 0 Å². The fraction of sp³-hybridized carbons (Fsp3) is 0.333. The van der Waals surface area contributed by atoms with Crippen molar-refractivity contribution in [2.24, 2.45) is 0 Å². The normalized spacial score (nSPS) is 11.1. The Morgan fingerprint density at radius 2 is 2.20 bits per heavy atom. The summed E-state index contributed by atoms with van der Waals surface area (Å²) in [7, 11) is 0. The minimum atomic E-state index is 0.916. The lowest BCUT2D eigenvalue weighted by Crippen LogP contribution is -2.14. The molecule has 0 amide bonds. The molecule has 2 heterocycles. The molecular weight excluding hydrogens is 252 g/mol. The van der Waals surface area contributed by atoms with E-state index in [4.69, 9.17) is 0 Å². The summed E-state index contributed by atoms with van der Waals surface area (Å²) in [6, 6.07) is 6.26. The van der Waals surface area contributed by atoms with E-state index in [0.29, 0.717) is 0 Å². The number of hydrogen-bond donors (Lipinski definition) is 1. The molecule has 1 N–H and O–H groups in total. The van der Waals surface area contributed by atoms with Gasteiger partial charge >= 0.3 is 0 Å². The van der Waals surface area contributed by atoms with Crippen LogP contribution in [0.25, 0.3) is 5.52 Å². The zero-order valence-electron chi connectivity index (χ0n) is 9.05. The molecule has 15 heavy (non-hydrogen) atoms. The standard InChI is InChI=1S/C12H15BrN2/c1-3-14-8-11-9(2)12(13)10-6-4-5-7-15(10)11/h4-7,14H,3,8H2,1-2H3. The zero-order valence-corrected chi connectivity index (χ0v) is 10.6. The quantitative estimate of drug-likeness (QED) is 0.903. The van der Waals surface area contributed by atoms with E-state index in [-0.39, 0.29) is 0 Å². The van der Waals surface area contributed by atoms with E-state index in [2.05, 4.69) is 63.9 Å². The van der Waals surface area contributed by atoms with Gasteiger partial charge in [0.25, 0.3) is 0 Å². The molecular formula is C12H15BrN2. The largest absolute Gasteiger partial charge is 0.318 e. The first-order valence-corrected chi connectivity index (χ1v) is 5.99. The minimum absolute atomic E-state index is 0.916. The number of pyridine rings is 1. The molecule has 0 aliphatic heterocycles. The van der Waals surface area contributed by atoms with Crippen molar-refractivity contribution in [2.75, 3.05) is 6.54 Å². The summed E-state index contributed by atoms with van der Waals surface area (Å²) >= 11 is 3.64. The summed E-state index contributed by atoms with van der Waals surface area (Å²) in [5.41, 5.74) is 3.89. The van der Waals surface area contributed by atoms with Gasteiger partial charge in [0.15, 0.2) is 0 Å². The average molecular weight is 267 g/mol. The topological polar surface area (TPSA) is 16.4 Å². The van der Waals surface area contributed by atoms with Gasteiger partial charge in [0.2, 0.25) is 0 Å². The lowest BCUT2D eigenvalue weighted by atomic mass is 10.2. The molecule has 0 fully saturated rings. The first-order chi connectivity index (χ1) is 7.25. The van der Waals surface area contributed by atoms with Crippen molar-refractivity contribution in [3.8, 4) is 0 Å². The summed E-state index contributed by atoms with van der Waals surface area (Å²) in [4.78, 5) is 0. The predicted molar refractivity (Wildman–Crippen MR) is 67.2 cm³/mol. The van der Waals surface area contributed by atoms with Crippen LogP contribution in [0.3, 0.4) is 0 Å². The van der Waals surface area contributed by atoms with Gasteiger partial charge in [-0.1, -0.05) is 13.0 Å². The van der Waals surface area contributed by atoms with Crippen molar-refractivity contribution in [1.29, 1.82) is 0 Å². The molecule has 0 aromatic carbocycles. The maximum absolute atomic E-state index is 3.64. The Morgan fingerprint density at radius 3 is 2.93 bits per heavy atom. The Balaban J connectivity index is 2.56. The highest BCUT2D eigenvalue weighted by molar-refractivity contribution is 9.10. The van der Waals surface area contributed by atoms with E-state index in [1.807, 2.05) is 0 Å². The van der Waals surface area contributed by atoms with Gasteiger partial charge in [0, 0.05) is 22.9 Å². The second-order valence-electron chi connectivity index (χ2n) is 3.62. The van der Waals surface area contributed by atoms with E-state index >= 15 is 0 Å². The number of nitrogens with one attached hydrogen (secondary N) is 1. The summed E-state index contributed by atoms with van der Waals surface area (Å²) in [5.74, 6) is 0. The van der Waals surface area contributed by atoms with Gasteiger partial charge in [-0.2, -0.15) is 0 Å². The Hall–Kier alpha value is -0.800. The van der Waals surface area contributed by atoms with Crippen molar-refractivity contribution < 1.29 is 0 Å². The molecule has 2 aromatic rings. The van der Waals surface area contributed by atoms with E-state index < -0.39 is 0 Å². The van der Waals surface area contributed by atoms with Gasteiger partial charge in [-0.25, -0.2) is 0 Å². The second kappa shape index (κ2) is 4.37. The molecule has 0 spiro atoms.